The van der Waals surface area contributed by atoms with E-state index in [0.29, 0.717) is 28.5 Å². The Labute approximate surface area is 178 Å². The van der Waals surface area contributed by atoms with Crippen molar-refractivity contribution in [1.29, 1.82) is 0 Å². The van der Waals surface area contributed by atoms with Gasteiger partial charge < -0.3 is 14.1 Å². The summed E-state index contributed by atoms with van der Waals surface area (Å²) in [5.41, 5.74) is 2.42. The Morgan fingerprint density at radius 1 is 1.06 bits per heavy atom. The minimum Gasteiger partial charge on any atom is -0.455 e. The van der Waals surface area contributed by atoms with E-state index in [4.69, 9.17) is 14.1 Å². The first-order valence-electron chi connectivity index (χ1n) is 10.2. The number of para-hydroxylation sites is 1. The number of pyridine rings is 1. The number of carbonyl (C=O) groups is 1. The Balaban J connectivity index is 1.37. The summed E-state index contributed by atoms with van der Waals surface area (Å²) in [6, 6.07) is 15.4. The average molecular weight is 417 g/mol. The summed E-state index contributed by atoms with van der Waals surface area (Å²) < 4.78 is 24.1. The summed E-state index contributed by atoms with van der Waals surface area (Å²) >= 11 is 0. The molecule has 1 aliphatic rings. The molecule has 6 nitrogen and oxygen atoms in total. The largest absolute Gasteiger partial charge is 0.455 e. The lowest BCUT2D eigenvalue weighted by molar-refractivity contribution is 0.0468. The third-order valence-electron chi connectivity index (χ3n) is 5.32. The number of oxazole rings is 1. The molecule has 0 spiro atoms. The molecule has 156 valence electrons. The molecular weight excluding hydrogens is 397 g/mol. The molecule has 0 atom stereocenters. The van der Waals surface area contributed by atoms with E-state index in [1.807, 2.05) is 30.3 Å². The van der Waals surface area contributed by atoms with Gasteiger partial charge in [0.25, 0.3) is 0 Å². The van der Waals surface area contributed by atoms with Gasteiger partial charge in [-0.15, -0.1) is 0 Å². The molecule has 3 heterocycles. The topological polar surface area (TPSA) is 68.5 Å². The van der Waals surface area contributed by atoms with Crippen LogP contribution in [0.5, 0.6) is 0 Å². The summed E-state index contributed by atoms with van der Waals surface area (Å²) in [7, 11) is 0. The van der Waals surface area contributed by atoms with Crippen LogP contribution in [-0.2, 0) is 11.3 Å². The van der Waals surface area contributed by atoms with E-state index in [2.05, 4.69) is 9.88 Å². The van der Waals surface area contributed by atoms with Crippen LogP contribution in [-0.4, -0.2) is 29.0 Å². The fourth-order valence-electron chi connectivity index (χ4n) is 3.74. The van der Waals surface area contributed by atoms with Gasteiger partial charge in [-0.05, 0) is 49.2 Å². The average Bonchev–Trinajstić information content (AvgIpc) is 3.49. The van der Waals surface area contributed by atoms with Gasteiger partial charge in [0.15, 0.2) is 0 Å². The van der Waals surface area contributed by atoms with Crippen molar-refractivity contribution in [3.05, 3.63) is 77.9 Å². The number of nitrogens with zero attached hydrogens (tertiary/aromatic N) is 3. The van der Waals surface area contributed by atoms with E-state index in [0.717, 1.165) is 36.8 Å². The van der Waals surface area contributed by atoms with E-state index in [1.165, 1.54) is 18.4 Å². The van der Waals surface area contributed by atoms with Gasteiger partial charge in [-0.2, -0.15) is 0 Å². The molecule has 2 aromatic heterocycles. The van der Waals surface area contributed by atoms with Crippen LogP contribution in [0.15, 0.2) is 65.3 Å². The summed E-state index contributed by atoms with van der Waals surface area (Å²) in [6.07, 6.45) is 3.59. The number of hydrogen-bond acceptors (Lipinski definition) is 6. The number of halogens is 1. The number of fused-ring (bicyclic) bond motifs is 1. The molecule has 1 saturated heterocycles. The van der Waals surface area contributed by atoms with Crippen molar-refractivity contribution >= 4 is 22.7 Å². The first kappa shape index (κ1) is 19.2. The Hall–Kier alpha value is -3.74. The van der Waals surface area contributed by atoms with E-state index in [-0.39, 0.29) is 12.4 Å². The third kappa shape index (κ3) is 3.99. The fourth-order valence-corrected chi connectivity index (χ4v) is 3.74. The molecule has 0 bridgehead atoms. The Bertz CT molecular complexity index is 1230. The molecule has 5 rings (SSSR count). The number of ether oxygens (including phenoxy) is 1. The Morgan fingerprint density at radius 3 is 2.65 bits per heavy atom. The molecule has 0 saturated carbocycles. The normalized spacial score (nSPS) is 13.6. The molecule has 0 radical (unpaired) electrons. The van der Waals surface area contributed by atoms with Gasteiger partial charge in [0.1, 0.15) is 35.8 Å². The second kappa shape index (κ2) is 8.18. The summed E-state index contributed by atoms with van der Waals surface area (Å²) in [6.45, 7) is 1.71. The SMILES string of the molecule is O=C(OCc1coc(-c2ccc(F)cc2)n1)c1cc2ccccc2nc1N1CCCC1. The molecule has 4 aromatic rings. The van der Waals surface area contributed by atoms with Crippen LogP contribution in [0.4, 0.5) is 10.2 Å². The zero-order valence-electron chi connectivity index (χ0n) is 16.8. The first-order chi connectivity index (χ1) is 15.2. The van der Waals surface area contributed by atoms with Crippen LogP contribution in [0.2, 0.25) is 0 Å². The van der Waals surface area contributed by atoms with Crippen molar-refractivity contribution in [2.45, 2.75) is 19.4 Å². The molecule has 1 aliphatic heterocycles. The zero-order chi connectivity index (χ0) is 21.2. The predicted molar refractivity (Wildman–Crippen MR) is 114 cm³/mol. The van der Waals surface area contributed by atoms with E-state index < -0.39 is 5.97 Å². The van der Waals surface area contributed by atoms with Crippen LogP contribution in [0, 0.1) is 5.82 Å². The van der Waals surface area contributed by atoms with Gasteiger partial charge in [0, 0.05) is 24.0 Å². The van der Waals surface area contributed by atoms with Crippen molar-refractivity contribution in [3.8, 4) is 11.5 Å². The lowest BCUT2D eigenvalue weighted by atomic mass is 10.1. The highest BCUT2D eigenvalue weighted by Crippen LogP contribution is 2.27. The molecule has 7 heteroatoms. The van der Waals surface area contributed by atoms with Crippen molar-refractivity contribution in [3.63, 3.8) is 0 Å². The van der Waals surface area contributed by atoms with Gasteiger partial charge in [0.05, 0.1) is 5.52 Å². The molecular formula is C24H20FN3O3. The molecule has 1 fully saturated rings. The van der Waals surface area contributed by atoms with Crippen molar-refractivity contribution in [1.82, 2.24) is 9.97 Å². The minimum atomic E-state index is -0.452. The number of carbonyl (C=O) groups excluding carboxylic acids is 1. The van der Waals surface area contributed by atoms with E-state index >= 15 is 0 Å². The maximum Gasteiger partial charge on any atom is 0.342 e. The Kier molecular flexibility index (Phi) is 5.08. The minimum absolute atomic E-state index is 0.0319. The van der Waals surface area contributed by atoms with Crippen molar-refractivity contribution in [2.24, 2.45) is 0 Å². The number of aromatic nitrogens is 2. The monoisotopic (exact) mass is 417 g/mol. The van der Waals surface area contributed by atoms with Crippen LogP contribution < -0.4 is 4.90 Å². The smallest absolute Gasteiger partial charge is 0.342 e. The van der Waals surface area contributed by atoms with Crippen LogP contribution in [0.3, 0.4) is 0 Å². The number of hydrogen-bond donors (Lipinski definition) is 0. The maximum absolute atomic E-state index is 13.1. The van der Waals surface area contributed by atoms with Crippen molar-refractivity contribution < 1.29 is 18.3 Å². The number of benzene rings is 2. The summed E-state index contributed by atoms with van der Waals surface area (Å²) in [5.74, 6) is 0.221. The van der Waals surface area contributed by atoms with Gasteiger partial charge in [-0.3, -0.25) is 0 Å². The highest BCUT2D eigenvalue weighted by atomic mass is 19.1. The third-order valence-corrected chi connectivity index (χ3v) is 5.32. The van der Waals surface area contributed by atoms with Gasteiger partial charge >= 0.3 is 5.97 Å². The number of rotatable bonds is 5. The quantitative estimate of drug-likeness (QED) is 0.426. The van der Waals surface area contributed by atoms with Crippen molar-refractivity contribution in [2.75, 3.05) is 18.0 Å². The first-order valence-corrected chi connectivity index (χ1v) is 10.2. The van der Waals surface area contributed by atoms with Crippen LogP contribution in [0.1, 0.15) is 28.9 Å². The molecule has 0 aliphatic carbocycles. The maximum atomic E-state index is 13.1. The van der Waals surface area contributed by atoms with Gasteiger partial charge in [-0.25, -0.2) is 19.2 Å². The highest BCUT2D eigenvalue weighted by molar-refractivity contribution is 5.99. The summed E-state index contributed by atoms with van der Waals surface area (Å²) in [5, 5.41) is 0.887. The Morgan fingerprint density at radius 2 is 1.84 bits per heavy atom. The van der Waals surface area contributed by atoms with Crippen LogP contribution in [0.25, 0.3) is 22.4 Å². The number of anilines is 1. The van der Waals surface area contributed by atoms with E-state index in [1.54, 1.807) is 12.1 Å². The van der Waals surface area contributed by atoms with Crippen LogP contribution >= 0.6 is 0 Å². The second-order valence-electron chi connectivity index (χ2n) is 7.47. The molecule has 31 heavy (non-hydrogen) atoms. The molecule has 2 aromatic carbocycles. The molecule has 0 unspecified atom stereocenters. The zero-order valence-corrected chi connectivity index (χ0v) is 16.8. The summed E-state index contributed by atoms with van der Waals surface area (Å²) in [4.78, 5) is 24.2. The lowest BCUT2D eigenvalue weighted by Crippen LogP contribution is -2.23. The lowest BCUT2D eigenvalue weighted by Gasteiger charge is -2.20. The number of esters is 1. The molecule has 0 N–H and O–H groups in total. The van der Waals surface area contributed by atoms with Gasteiger partial charge in [0.2, 0.25) is 5.89 Å². The predicted octanol–water partition coefficient (Wildman–Crippen LogP) is 4.99. The standard InChI is InChI=1S/C24H20FN3O3/c25-18-9-7-16(8-10-18)23-26-19(14-30-23)15-31-24(29)20-13-17-5-1-2-6-21(17)27-22(20)28-11-3-4-12-28/h1-2,5-10,13-14H,3-4,11-12,15H2. The van der Waals surface area contributed by atoms with Gasteiger partial charge in [-0.1, -0.05) is 18.2 Å². The second-order valence-corrected chi connectivity index (χ2v) is 7.47. The molecule has 0 amide bonds. The highest BCUT2D eigenvalue weighted by Gasteiger charge is 2.23. The van der Waals surface area contributed by atoms with E-state index in [9.17, 15) is 9.18 Å². The fraction of sp³-hybridized carbons (Fsp3) is 0.208.